The van der Waals surface area contributed by atoms with Gasteiger partial charge in [-0.3, -0.25) is 0 Å². The molecule has 1 aliphatic carbocycles. The Balaban J connectivity index is 1.87. The molecule has 2 N–H and O–H groups in total. The third-order valence-electron chi connectivity index (χ3n) is 2.98. The second-order valence-corrected chi connectivity index (χ2v) is 4.47. The first-order chi connectivity index (χ1) is 7.79. The zero-order valence-electron chi connectivity index (χ0n) is 9.82. The molecule has 0 amide bonds. The number of aliphatic hydroxyl groups excluding tert-OH is 1. The molecule has 0 radical (unpaired) electrons. The Hall–Kier alpha value is -1.06. The number of aliphatic hydroxyl groups is 1. The smallest absolute Gasteiger partial charge is 0.0606 e. The van der Waals surface area contributed by atoms with Crippen LogP contribution in [-0.2, 0) is 6.54 Å². The lowest BCUT2D eigenvalue weighted by Gasteiger charge is -2.18. The Morgan fingerprint density at radius 1 is 1.31 bits per heavy atom. The molecule has 0 atom stereocenters. The summed E-state index contributed by atoms with van der Waals surface area (Å²) in [5.41, 5.74) is 2.48. The van der Waals surface area contributed by atoms with E-state index < -0.39 is 0 Å². The fraction of sp³-hybridized carbons (Fsp3) is 0.538. The predicted molar refractivity (Wildman–Crippen MR) is 66.7 cm³/mol. The largest absolute Gasteiger partial charge is 0.395 e. The van der Waals surface area contributed by atoms with Crippen molar-refractivity contribution in [1.82, 2.24) is 5.32 Å². The summed E-state index contributed by atoms with van der Waals surface area (Å²) in [5.74, 6) is 0. The Morgan fingerprint density at radius 3 is 2.56 bits per heavy atom. The maximum atomic E-state index is 8.85. The molecule has 1 fully saturated rings. The van der Waals surface area contributed by atoms with Crippen molar-refractivity contribution in [3.63, 3.8) is 0 Å². The fourth-order valence-corrected chi connectivity index (χ4v) is 1.70. The van der Waals surface area contributed by atoms with Crippen LogP contribution in [0.1, 0.15) is 18.4 Å². The van der Waals surface area contributed by atoms with Gasteiger partial charge in [0.15, 0.2) is 0 Å². The van der Waals surface area contributed by atoms with Crippen LogP contribution in [0.2, 0.25) is 0 Å². The number of rotatable bonds is 6. The van der Waals surface area contributed by atoms with Crippen molar-refractivity contribution < 1.29 is 5.11 Å². The normalized spacial score (nSPS) is 15.1. The van der Waals surface area contributed by atoms with Gasteiger partial charge in [-0.05, 0) is 30.5 Å². The highest BCUT2D eigenvalue weighted by Gasteiger charge is 2.19. The van der Waals surface area contributed by atoms with Crippen LogP contribution >= 0.6 is 0 Å². The van der Waals surface area contributed by atoms with Gasteiger partial charge in [0.05, 0.1) is 6.61 Å². The molecule has 1 aromatic rings. The first kappa shape index (κ1) is 11.4. The van der Waals surface area contributed by atoms with Gasteiger partial charge in [0.25, 0.3) is 0 Å². The average Bonchev–Trinajstić information content (AvgIpc) is 3.11. The van der Waals surface area contributed by atoms with Crippen LogP contribution in [0.5, 0.6) is 0 Å². The Bertz CT molecular complexity index is 319. The third-order valence-corrected chi connectivity index (χ3v) is 2.98. The lowest BCUT2D eigenvalue weighted by atomic mass is 10.2. The van der Waals surface area contributed by atoms with Crippen LogP contribution in [-0.4, -0.2) is 31.3 Å². The summed E-state index contributed by atoms with van der Waals surface area (Å²) in [6.45, 7) is 1.84. The number of likely N-dealkylation sites (N-methyl/N-ethyl adjacent to an activating group) is 1. The van der Waals surface area contributed by atoms with Crippen LogP contribution in [0.25, 0.3) is 0 Å². The van der Waals surface area contributed by atoms with E-state index >= 15 is 0 Å². The Morgan fingerprint density at radius 2 is 2.00 bits per heavy atom. The van der Waals surface area contributed by atoms with Gasteiger partial charge in [0.2, 0.25) is 0 Å². The number of anilines is 1. The first-order valence-corrected chi connectivity index (χ1v) is 5.94. The molecular weight excluding hydrogens is 200 g/mol. The lowest BCUT2D eigenvalue weighted by molar-refractivity contribution is 0.304. The molecule has 1 aromatic carbocycles. The maximum Gasteiger partial charge on any atom is 0.0606 e. The molecule has 0 spiro atoms. The van der Waals surface area contributed by atoms with Crippen LogP contribution < -0.4 is 10.2 Å². The second-order valence-electron chi connectivity index (χ2n) is 4.47. The molecule has 3 heteroatoms. The summed E-state index contributed by atoms with van der Waals surface area (Å²) < 4.78 is 0. The number of nitrogens with one attached hydrogen (secondary N) is 1. The quantitative estimate of drug-likeness (QED) is 0.760. The average molecular weight is 220 g/mol. The monoisotopic (exact) mass is 220 g/mol. The van der Waals surface area contributed by atoms with Gasteiger partial charge >= 0.3 is 0 Å². The summed E-state index contributed by atoms with van der Waals surface area (Å²) in [4.78, 5) is 2.05. The van der Waals surface area contributed by atoms with Gasteiger partial charge in [0, 0.05) is 31.9 Å². The topological polar surface area (TPSA) is 35.5 Å². The summed E-state index contributed by atoms with van der Waals surface area (Å²) in [7, 11) is 1.99. The Labute approximate surface area is 97.1 Å². The molecule has 1 saturated carbocycles. The molecular formula is C13H20N2O. The van der Waals surface area contributed by atoms with Crippen molar-refractivity contribution in [1.29, 1.82) is 0 Å². The van der Waals surface area contributed by atoms with Gasteiger partial charge in [-0.1, -0.05) is 12.1 Å². The van der Waals surface area contributed by atoms with Crippen molar-refractivity contribution in [3.05, 3.63) is 29.8 Å². The second kappa shape index (κ2) is 5.32. The van der Waals surface area contributed by atoms with Crippen LogP contribution in [0.15, 0.2) is 24.3 Å². The third kappa shape index (κ3) is 3.22. The standard InChI is InChI=1S/C13H20N2O/c1-15(8-9-16)13-6-2-11(3-7-13)10-14-12-4-5-12/h2-3,6-7,12,14,16H,4-5,8-10H2,1H3. The lowest BCUT2D eigenvalue weighted by Crippen LogP contribution is -2.21. The number of hydrogen-bond acceptors (Lipinski definition) is 3. The molecule has 0 aliphatic heterocycles. The predicted octanol–water partition coefficient (Wildman–Crippen LogP) is 1.37. The summed E-state index contributed by atoms with van der Waals surface area (Å²) in [6.07, 6.45) is 2.66. The minimum absolute atomic E-state index is 0.196. The van der Waals surface area contributed by atoms with E-state index in [1.165, 1.54) is 18.4 Å². The van der Waals surface area contributed by atoms with Crippen molar-refractivity contribution in [3.8, 4) is 0 Å². The molecule has 2 rings (SSSR count). The summed E-state index contributed by atoms with van der Waals surface area (Å²) >= 11 is 0. The van der Waals surface area contributed by atoms with Crippen LogP contribution in [0.3, 0.4) is 0 Å². The van der Waals surface area contributed by atoms with E-state index in [0.717, 1.165) is 18.3 Å². The van der Waals surface area contributed by atoms with E-state index in [1.807, 2.05) is 7.05 Å². The minimum Gasteiger partial charge on any atom is -0.395 e. The zero-order chi connectivity index (χ0) is 11.4. The molecule has 0 heterocycles. The van der Waals surface area contributed by atoms with Gasteiger partial charge in [-0.15, -0.1) is 0 Å². The SMILES string of the molecule is CN(CCO)c1ccc(CNC2CC2)cc1. The van der Waals surface area contributed by atoms with Gasteiger partial charge in [0.1, 0.15) is 0 Å². The summed E-state index contributed by atoms with van der Waals surface area (Å²) in [5, 5.41) is 12.3. The van der Waals surface area contributed by atoms with Crippen LogP contribution in [0, 0.1) is 0 Å². The first-order valence-electron chi connectivity index (χ1n) is 5.94. The highest BCUT2D eigenvalue weighted by molar-refractivity contribution is 5.46. The molecule has 0 saturated heterocycles. The summed E-state index contributed by atoms with van der Waals surface area (Å²) in [6, 6.07) is 9.28. The van der Waals surface area contributed by atoms with Crippen molar-refractivity contribution >= 4 is 5.69 Å². The minimum atomic E-state index is 0.196. The van der Waals surface area contributed by atoms with E-state index in [9.17, 15) is 0 Å². The molecule has 0 bridgehead atoms. The van der Waals surface area contributed by atoms with Gasteiger partial charge < -0.3 is 15.3 Å². The zero-order valence-corrected chi connectivity index (χ0v) is 9.82. The van der Waals surface area contributed by atoms with Crippen LogP contribution in [0.4, 0.5) is 5.69 Å². The van der Waals surface area contributed by atoms with E-state index in [1.54, 1.807) is 0 Å². The van der Waals surface area contributed by atoms with E-state index in [2.05, 4.69) is 34.5 Å². The fourth-order valence-electron chi connectivity index (χ4n) is 1.70. The van der Waals surface area contributed by atoms with Crippen molar-refractivity contribution in [2.45, 2.75) is 25.4 Å². The molecule has 0 unspecified atom stereocenters. The number of hydrogen-bond donors (Lipinski definition) is 2. The number of benzene rings is 1. The highest BCUT2D eigenvalue weighted by Crippen LogP contribution is 2.20. The van der Waals surface area contributed by atoms with Crippen molar-refractivity contribution in [2.75, 3.05) is 25.1 Å². The van der Waals surface area contributed by atoms with Gasteiger partial charge in [-0.2, -0.15) is 0 Å². The Kier molecular flexibility index (Phi) is 3.80. The number of nitrogens with zero attached hydrogens (tertiary/aromatic N) is 1. The van der Waals surface area contributed by atoms with E-state index in [4.69, 9.17) is 5.11 Å². The highest BCUT2D eigenvalue weighted by atomic mass is 16.3. The molecule has 3 nitrogen and oxygen atoms in total. The molecule has 0 aromatic heterocycles. The molecule has 16 heavy (non-hydrogen) atoms. The van der Waals surface area contributed by atoms with E-state index in [-0.39, 0.29) is 6.61 Å². The molecule has 1 aliphatic rings. The van der Waals surface area contributed by atoms with E-state index in [0.29, 0.717) is 6.54 Å². The van der Waals surface area contributed by atoms with Gasteiger partial charge in [-0.25, -0.2) is 0 Å². The molecule has 88 valence electrons. The van der Waals surface area contributed by atoms with Crippen molar-refractivity contribution in [2.24, 2.45) is 0 Å². The maximum absolute atomic E-state index is 8.85.